The van der Waals surface area contributed by atoms with Crippen LogP contribution in [0.3, 0.4) is 0 Å². The van der Waals surface area contributed by atoms with Crippen molar-refractivity contribution in [3.63, 3.8) is 0 Å². The van der Waals surface area contributed by atoms with Gasteiger partial charge in [-0.15, -0.1) is 53.8 Å². The molecule has 11 rings (SSSR count). The van der Waals surface area contributed by atoms with Gasteiger partial charge in [0, 0.05) is 61.1 Å². The van der Waals surface area contributed by atoms with E-state index in [-0.39, 0.29) is 26.5 Å². The number of aromatic nitrogens is 1. The molecule has 0 N–H and O–H groups in total. The summed E-state index contributed by atoms with van der Waals surface area (Å²) in [6, 6.07) is 76.9. The van der Waals surface area contributed by atoms with E-state index in [2.05, 4.69) is 260 Å². The van der Waals surface area contributed by atoms with Gasteiger partial charge in [0.25, 0.3) is 0 Å². The van der Waals surface area contributed by atoms with Crippen LogP contribution in [0, 0.1) is 25.7 Å². The van der Waals surface area contributed by atoms with Gasteiger partial charge in [0.15, 0.2) is 0 Å². The van der Waals surface area contributed by atoms with E-state index in [9.17, 15) is 0 Å². The fourth-order valence-electron chi connectivity index (χ4n) is 9.09. The molecule has 5 nitrogen and oxygen atoms in total. The molecule has 0 saturated carbocycles. The topological polar surface area (TPSA) is 25.9 Å². The van der Waals surface area contributed by atoms with E-state index in [4.69, 9.17) is 4.98 Å². The number of para-hydroxylation sites is 5. The van der Waals surface area contributed by atoms with Gasteiger partial charge in [-0.25, -0.2) is 4.98 Å². The Morgan fingerprint density at radius 2 is 1.11 bits per heavy atom. The van der Waals surface area contributed by atoms with E-state index in [1.807, 2.05) is 6.20 Å². The Morgan fingerprint density at radius 1 is 0.523 bits per heavy atom. The normalized spacial score (nSPS) is 12.6. The molecule has 0 amide bonds. The first-order chi connectivity index (χ1) is 31.3. The fourth-order valence-corrected chi connectivity index (χ4v) is 9.09. The third kappa shape index (κ3) is 7.60. The second kappa shape index (κ2) is 17.1. The van der Waals surface area contributed by atoms with Gasteiger partial charge in [-0.1, -0.05) is 165 Å². The van der Waals surface area contributed by atoms with E-state index in [0.717, 1.165) is 90.4 Å². The molecule has 0 radical (unpaired) electrons. The Bertz CT molecular complexity index is 3160. The SMILES string of the molecule is Cc1cc(N2c3[c-]c(N(c4[c-]c(N5[CH-]N(c6ccccc6)c6ccccc65)cc(C(C)(C)C)c4)c4ccccc4)ccc3-c3ccccc3-c3ccccc32)ncc1-c1ccccc1.[Pt]. The number of nitrogens with zero attached hydrogens (tertiary/aromatic N) is 5. The Balaban J connectivity index is 0.00000498. The maximum absolute atomic E-state index is 5.25. The van der Waals surface area contributed by atoms with E-state index in [1.165, 1.54) is 11.1 Å². The van der Waals surface area contributed by atoms with Crippen molar-refractivity contribution in [3.8, 4) is 33.4 Å². The summed E-state index contributed by atoms with van der Waals surface area (Å²) in [5, 5.41) is 0. The number of pyridine rings is 1. The van der Waals surface area contributed by atoms with Crippen LogP contribution in [0.25, 0.3) is 33.4 Å². The number of hydrogen-bond donors (Lipinski definition) is 0. The van der Waals surface area contributed by atoms with Gasteiger partial charge in [-0.2, -0.15) is 6.07 Å². The first-order valence-electron chi connectivity index (χ1n) is 21.9. The van der Waals surface area contributed by atoms with Crippen molar-refractivity contribution in [2.75, 3.05) is 19.6 Å². The molecule has 2 aliphatic rings. The number of rotatable bonds is 7. The summed E-state index contributed by atoms with van der Waals surface area (Å²) >= 11 is 0. The molecule has 8 aromatic carbocycles. The molecule has 9 aromatic rings. The van der Waals surface area contributed by atoms with Gasteiger partial charge in [-0.05, 0) is 77.6 Å². The van der Waals surface area contributed by atoms with Gasteiger partial charge in [-0.3, -0.25) is 0 Å². The van der Waals surface area contributed by atoms with Crippen LogP contribution in [0.15, 0.2) is 200 Å². The minimum absolute atomic E-state index is 0. The zero-order chi connectivity index (χ0) is 43.4. The second-order valence-electron chi connectivity index (χ2n) is 17.5. The summed E-state index contributed by atoms with van der Waals surface area (Å²) in [5.74, 6) is 0.827. The van der Waals surface area contributed by atoms with Crippen LogP contribution in [0.1, 0.15) is 31.9 Å². The Hall–Kier alpha value is -7.20. The zero-order valence-electron chi connectivity index (χ0n) is 36.7. The van der Waals surface area contributed by atoms with Crippen LogP contribution in [0.2, 0.25) is 0 Å². The Labute approximate surface area is 397 Å². The summed E-state index contributed by atoms with van der Waals surface area (Å²) in [6.45, 7) is 11.2. The first kappa shape index (κ1) is 41.8. The largest absolute Gasteiger partial charge is 0.493 e. The van der Waals surface area contributed by atoms with Crippen LogP contribution in [-0.2, 0) is 26.5 Å². The van der Waals surface area contributed by atoms with Crippen LogP contribution < -0.4 is 19.6 Å². The average Bonchev–Trinajstić information content (AvgIpc) is 3.67. The number of anilines is 10. The molecular weight excluding hydrogens is 974 g/mol. The molecule has 0 atom stereocenters. The van der Waals surface area contributed by atoms with E-state index in [0.29, 0.717) is 0 Å². The van der Waals surface area contributed by atoms with Crippen molar-refractivity contribution >= 4 is 57.0 Å². The first-order valence-corrected chi connectivity index (χ1v) is 21.9. The molecule has 2 aliphatic heterocycles. The molecule has 0 aliphatic carbocycles. The van der Waals surface area contributed by atoms with Crippen LogP contribution in [0.4, 0.5) is 57.0 Å². The van der Waals surface area contributed by atoms with Gasteiger partial charge in [0.05, 0.1) is 5.69 Å². The molecule has 65 heavy (non-hydrogen) atoms. The maximum Gasteiger partial charge on any atom is 0.135 e. The Morgan fingerprint density at radius 3 is 1.78 bits per heavy atom. The van der Waals surface area contributed by atoms with Crippen LogP contribution in [-0.4, -0.2) is 4.98 Å². The summed E-state index contributed by atoms with van der Waals surface area (Å²) < 4.78 is 0. The summed E-state index contributed by atoms with van der Waals surface area (Å²) in [4.78, 5) is 14.4. The molecular formula is C59H46N5Pt-3. The fraction of sp³-hybridized carbons (Fsp3) is 0.0847. The third-order valence-electron chi connectivity index (χ3n) is 12.3. The van der Waals surface area contributed by atoms with Gasteiger partial charge in [0.1, 0.15) is 5.82 Å². The van der Waals surface area contributed by atoms with Crippen molar-refractivity contribution in [1.29, 1.82) is 0 Å². The van der Waals surface area contributed by atoms with Gasteiger partial charge >= 0.3 is 0 Å². The average molecular weight is 1020 g/mol. The molecule has 0 bridgehead atoms. The Kier molecular flexibility index (Phi) is 11.0. The molecule has 0 saturated heterocycles. The van der Waals surface area contributed by atoms with Crippen LogP contribution in [0.5, 0.6) is 0 Å². The van der Waals surface area contributed by atoms with E-state index in [1.54, 1.807) is 0 Å². The molecule has 0 fully saturated rings. The molecule has 3 heterocycles. The minimum atomic E-state index is -0.170. The number of aryl methyl sites for hydroxylation is 1. The summed E-state index contributed by atoms with van der Waals surface area (Å²) in [7, 11) is 0. The quantitative estimate of drug-likeness (QED) is 0.148. The smallest absolute Gasteiger partial charge is 0.135 e. The molecule has 0 unspecified atom stereocenters. The molecule has 0 spiro atoms. The van der Waals surface area contributed by atoms with E-state index >= 15 is 0 Å². The second-order valence-corrected chi connectivity index (χ2v) is 17.5. The zero-order valence-corrected chi connectivity index (χ0v) is 39.0. The van der Waals surface area contributed by atoms with Crippen molar-refractivity contribution in [1.82, 2.24) is 4.98 Å². The minimum Gasteiger partial charge on any atom is -0.493 e. The van der Waals surface area contributed by atoms with Crippen molar-refractivity contribution in [2.45, 2.75) is 33.1 Å². The van der Waals surface area contributed by atoms with Crippen molar-refractivity contribution in [3.05, 3.63) is 230 Å². The third-order valence-corrected chi connectivity index (χ3v) is 12.3. The number of benzene rings is 8. The predicted molar refractivity (Wildman–Crippen MR) is 266 cm³/mol. The van der Waals surface area contributed by atoms with Crippen LogP contribution >= 0.6 is 0 Å². The monoisotopic (exact) mass is 1020 g/mol. The predicted octanol–water partition coefficient (Wildman–Crippen LogP) is 15.9. The maximum atomic E-state index is 5.25. The van der Waals surface area contributed by atoms with Gasteiger partial charge < -0.3 is 19.6 Å². The summed E-state index contributed by atoms with van der Waals surface area (Å²) in [5.41, 5.74) is 18.0. The summed E-state index contributed by atoms with van der Waals surface area (Å²) in [6.07, 6.45) is 2.02. The van der Waals surface area contributed by atoms with Crippen molar-refractivity contribution < 1.29 is 21.1 Å². The van der Waals surface area contributed by atoms with Crippen molar-refractivity contribution in [2.24, 2.45) is 0 Å². The van der Waals surface area contributed by atoms with E-state index < -0.39 is 0 Å². The van der Waals surface area contributed by atoms with Gasteiger partial charge in [0.2, 0.25) is 0 Å². The standard InChI is InChI=1S/C59H46N5.Pt/c1-41-34-58(60-39-53(41)42-20-8-5-9-21-42)64-54-29-17-16-28-51(54)49-26-14-15-27-50(49)52-33-32-46(38-57(52)64)63(45-24-12-7-13-25-45)48-36-43(59(2,3)4)35-47(37-48)62-40-61(44-22-10-6-11-23-44)55-30-18-19-31-56(55)62;/h5-36,39-40H,1-4H3;/q-3;. The number of hydrogen-bond acceptors (Lipinski definition) is 5. The molecule has 1 aromatic heterocycles. The molecule has 320 valence electrons. The number of fused-ring (bicyclic) bond motifs is 6. The molecule has 6 heteroatoms.